The van der Waals surface area contributed by atoms with Crippen LogP contribution in [0, 0.1) is 6.92 Å². The average molecular weight is 285 g/mol. The zero-order chi connectivity index (χ0) is 15.2. The summed E-state index contributed by atoms with van der Waals surface area (Å²) >= 11 is 0. The predicted molar refractivity (Wildman–Crippen MR) is 83.1 cm³/mol. The molecule has 0 aliphatic rings. The molecule has 2 rings (SSSR count). The molecule has 0 saturated heterocycles. The van der Waals surface area contributed by atoms with Crippen LogP contribution in [-0.4, -0.2) is 17.6 Å². The van der Waals surface area contributed by atoms with E-state index in [1.54, 1.807) is 13.0 Å². The first-order valence-electron chi connectivity index (χ1n) is 6.82. The lowest BCUT2D eigenvalue weighted by atomic mass is 10.1. The van der Waals surface area contributed by atoms with Crippen molar-refractivity contribution in [3.63, 3.8) is 0 Å². The van der Waals surface area contributed by atoms with E-state index >= 15 is 0 Å². The first kappa shape index (κ1) is 14.8. The molecule has 1 heterocycles. The minimum atomic E-state index is -0.427. The molecule has 0 amide bonds. The lowest BCUT2D eigenvalue weighted by molar-refractivity contribution is 0.0527. The van der Waals surface area contributed by atoms with Gasteiger partial charge in [0.1, 0.15) is 11.4 Å². The summed E-state index contributed by atoms with van der Waals surface area (Å²) in [4.78, 5) is 16.1. The highest BCUT2D eigenvalue weighted by molar-refractivity contribution is 5.95. The van der Waals surface area contributed by atoms with E-state index in [2.05, 4.69) is 10.3 Å². The van der Waals surface area contributed by atoms with Crippen molar-refractivity contribution < 1.29 is 9.53 Å². The van der Waals surface area contributed by atoms with E-state index < -0.39 is 5.97 Å². The number of hydrogen-bond donors (Lipinski definition) is 2. The molecule has 110 valence electrons. The van der Waals surface area contributed by atoms with Crippen LogP contribution in [0.25, 0.3) is 0 Å². The summed E-state index contributed by atoms with van der Waals surface area (Å²) in [5.41, 5.74) is 8.78. The van der Waals surface area contributed by atoms with Crippen molar-refractivity contribution >= 4 is 17.5 Å². The Morgan fingerprint density at radius 1 is 1.33 bits per heavy atom. The summed E-state index contributed by atoms with van der Waals surface area (Å²) in [6.07, 6.45) is 1.51. The Balaban J connectivity index is 2.15. The van der Waals surface area contributed by atoms with Gasteiger partial charge in [0.15, 0.2) is 0 Å². The highest BCUT2D eigenvalue weighted by Gasteiger charge is 2.14. The molecule has 1 aromatic carbocycles. The van der Waals surface area contributed by atoms with Crippen molar-refractivity contribution in [3.8, 4) is 0 Å². The molecule has 0 spiro atoms. The van der Waals surface area contributed by atoms with Crippen LogP contribution < -0.4 is 11.1 Å². The number of nitrogens with zero attached hydrogens (tertiary/aromatic N) is 1. The maximum Gasteiger partial charge on any atom is 0.341 e. The number of carbonyl (C=O) groups is 1. The maximum absolute atomic E-state index is 11.9. The van der Waals surface area contributed by atoms with Crippen molar-refractivity contribution in [2.75, 3.05) is 17.7 Å². The Morgan fingerprint density at radius 3 is 2.71 bits per heavy atom. The first-order chi connectivity index (χ1) is 10.1. The quantitative estimate of drug-likeness (QED) is 0.826. The molecule has 0 fully saturated rings. The Hall–Kier alpha value is -2.56. The van der Waals surface area contributed by atoms with E-state index in [0.29, 0.717) is 30.2 Å². The van der Waals surface area contributed by atoms with Crippen LogP contribution in [0.5, 0.6) is 0 Å². The van der Waals surface area contributed by atoms with Crippen molar-refractivity contribution in [3.05, 3.63) is 53.2 Å². The molecule has 1 aromatic heterocycles. The maximum atomic E-state index is 11.9. The summed E-state index contributed by atoms with van der Waals surface area (Å²) < 4.78 is 5.02. The molecule has 0 unspecified atom stereocenters. The molecular formula is C16H19N3O2. The normalized spacial score (nSPS) is 10.2. The summed E-state index contributed by atoms with van der Waals surface area (Å²) in [7, 11) is 0. The molecule has 3 N–H and O–H groups in total. The Bertz CT molecular complexity index is 624. The fraction of sp³-hybridized carbons (Fsp3) is 0.250. The van der Waals surface area contributed by atoms with E-state index in [4.69, 9.17) is 10.5 Å². The minimum absolute atomic E-state index is 0.311. The van der Waals surface area contributed by atoms with Crippen molar-refractivity contribution in [1.82, 2.24) is 4.98 Å². The van der Waals surface area contributed by atoms with Gasteiger partial charge in [-0.25, -0.2) is 9.78 Å². The summed E-state index contributed by atoms with van der Waals surface area (Å²) in [5, 5.41) is 3.15. The van der Waals surface area contributed by atoms with E-state index in [0.717, 1.165) is 5.56 Å². The van der Waals surface area contributed by atoms with Gasteiger partial charge in [-0.15, -0.1) is 0 Å². The molecule has 0 aliphatic carbocycles. The van der Waals surface area contributed by atoms with Crippen LogP contribution >= 0.6 is 0 Å². The van der Waals surface area contributed by atoms with Crippen LogP contribution in [0.1, 0.15) is 28.4 Å². The number of carbonyl (C=O) groups excluding carboxylic acids is 1. The van der Waals surface area contributed by atoms with Crippen LogP contribution in [0.4, 0.5) is 11.5 Å². The van der Waals surface area contributed by atoms with Gasteiger partial charge in [-0.05, 0) is 25.5 Å². The molecule has 5 nitrogen and oxygen atoms in total. The van der Waals surface area contributed by atoms with Gasteiger partial charge in [0.05, 0.1) is 18.5 Å². The van der Waals surface area contributed by atoms with Gasteiger partial charge >= 0.3 is 5.97 Å². The number of rotatable bonds is 5. The molecule has 0 radical (unpaired) electrons. The summed E-state index contributed by atoms with van der Waals surface area (Å²) in [6.45, 7) is 4.68. The second-order valence-electron chi connectivity index (χ2n) is 4.72. The lowest BCUT2D eigenvalue weighted by Crippen LogP contribution is -2.12. The number of nitrogens with two attached hydrogens (primary N) is 1. The summed E-state index contributed by atoms with van der Waals surface area (Å²) in [5.74, 6) is 0.0481. The van der Waals surface area contributed by atoms with Gasteiger partial charge in [-0.2, -0.15) is 0 Å². The number of hydrogen-bond acceptors (Lipinski definition) is 5. The lowest BCUT2D eigenvalue weighted by Gasteiger charge is -2.11. The third-order valence-corrected chi connectivity index (χ3v) is 2.98. The van der Waals surface area contributed by atoms with Crippen molar-refractivity contribution in [2.45, 2.75) is 20.4 Å². The van der Waals surface area contributed by atoms with E-state index in [1.165, 1.54) is 11.8 Å². The number of pyridine rings is 1. The Morgan fingerprint density at radius 2 is 2.05 bits per heavy atom. The fourth-order valence-electron chi connectivity index (χ4n) is 1.88. The molecule has 0 bridgehead atoms. The molecule has 0 aliphatic heterocycles. The predicted octanol–water partition coefficient (Wildman–Crippen LogP) is 2.76. The van der Waals surface area contributed by atoms with Gasteiger partial charge in [-0.1, -0.05) is 29.8 Å². The number of nitrogens with one attached hydrogen (secondary N) is 1. The van der Waals surface area contributed by atoms with Gasteiger partial charge in [-0.3, -0.25) is 0 Å². The molecule has 0 saturated carbocycles. The number of benzene rings is 1. The second-order valence-corrected chi connectivity index (χ2v) is 4.72. The zero-order valence-corrected chi connectivity index (χ0v) is 12.2. The van der Waals surface area contributed by atoms with Gasteiger partial charge < -0.3 is 15.8 Å². The average Bonchev–Trinajstić information content (AvgIpc) is 2.48. The molecule has 2 aromatic rings. The van der Waals surface area contributed by atoms with E-state index in [1.807, 2.05) is 31.2 Å². The van der Waals surface area contributed by atoms with Gasteiger partial charge in [0, 0.05) is 6.54 Å². The largest absolute Gasteiger partial charge is 0.462 e. The van der Waals surface area contributed by atoms with Crippen molar-refractivity contribution in [1.29, 1.82) is 0 Å². The second kappa shape index (κ2) is 6.74. The first-order valence-corrected chi connectivity index (χ1v) is 6.82. The minimum Gasteiger partial charge on any atom is -0.462 e. The van der Waals surface area contributed by atoms with E-state index in [9.17, 15) is 4.79 Å². The number of anilines is 2. The molecule has 5 heteroatoms. The Kier molecular flexibility index (Phi) is 4.77. The number of esters is 1. The van der Waals surface area contributed by atoms with Crippen LogP contribution in [0.2, 0.25) is 0 Å². The highest BCUT2D eigenvalue weighted by Crippen LogP contribution is 2.18. The van der Waals surface area contributed by atoms with Crippen LogP contribution in [0.3, 0.4) is 0 Å². The third kappa shape index (κ3) is 3.95. The zero-order valence-electron chi connectivity index (χ0n) is 12.2. The topological polar surface area (TPSA) is 77.2 Å². The number of nitrogen functional groups attached to an aromatic ring is 1. The van der Waals surface area contributed by atoms with Gasteiger partial charge in [0.2, 0.25) is 0 Å². The SMILES string of the molecule is CCOC(=O)c1cc(N)cnc1NCc1ccc(C)cc1. The fourth-order valence-corrected chi connectivity index (χ4v) is 1.88. The summed E-state index contributed by atoms with van der Waals surface area (Å²) in [6, 6.07) is 9.72. The highest BCUT2D eigenvalue weighted by atomic mass is 16.5. The number of aromatic nitrogens is 1. The third-order valence-electron chi connectivity index (χ3n) is 2.98. The van der Waals surface area contributed by atoms with Gasteiger partial charge in [0.25, 0.3) is 0 Å². The molecule has 0 atom stereocenters. The number of aryl methyl sites for hydroxylation is 1. The Labute approximate surface area is 124 Å². The smallest absolute Gasteiger partial charge is 0.341 e. The monoisotopic (exact) mass is 285 g/mol. The number of ether oxygens (including phenoxy) is 1. The van der Waals surface area contributed by atoms with Crippen LogP contribution in [0.15, 0.2) is 36.5 Å². The van der Waals surface area contributed by atoms with E-state index in [-0.39, 0.29) is 0 Å². The van der Waals surface area contributed by atoms with Crippen LogP contribution in [-0.2, 0) is 11.3 Å². The molecule has 21 heavy (non-hydrogen) atoms. The standard InChI is InChI=1S/C16H19N3O2/c1-3-21-16(20)14-8-13(17)10-19-15(14)18-9-12-6-4-11(2)5-7-12/h4-8,10H,3,9,17H2,1-2H3,(H,18,19). The van der Waals surface area contributed by atoms with Crippen molar-refractivity contribution in [2.24, 2.45) is 0 Å². The molecular weight excluding hydrogens is 266 g/mol.